The summed E-state index contributed by atoms with van der Waals surface area (Å²) in [5.41, 5.74) is 18.0. The second kappa shape index (κ2) is 13.7. The Hall–Kier alpha value is -7.59. The first-order valence-corrected chi connectivity index (χ1v) is 22.3. The van der Waals surface area contributed by atoms with Crippen molar-refractivity contribution in [2.45, 2.75) is 24.7 Å². The summed E-state index contributed by atoms with van der Waals surface area (Å²) in [5.74, 6) is 1.48. The van der Waals surface area contributed by atoms with Crippen LogP contribution in [0, 0.1) is 0 Å². The number of rotatable bonds is 5. The van der Waals surface area contributed by atoms with Gasteiger partial charge in [0.1, 0.15) is 16.9 Å². The van der Waals surface area contributed by atoms with Crippen LogP contribution in [-0.2, 0) is 10.8 Å². The van der Waals surface area contributed by atoms with Crippen molar-refractivity contribution in [2.75, 3.05) is 4.90 Å². The fraction of sp³-hybridized carbons (Fsp3) is 0.0667. The van der Waals surface area contributed by atoms with E-state index in [1.807, 2.05) is 12.1 Å². The van der Waals surface area contributed by atoms with E-state index < -0.39 is 5.41 Å². The molecule has 0 amide bonds. The monoisotopic (exact) mass is 841 g/mol. The fourth-order valence-corrected chi connectivity index (χ4v) is 11.1. The standard InChI is InChI=1S/C60H40ClNO2/c1-59(2)32-31-40-33-41(27-29-49(40)59)62(43-34-47(57-48(35-43)46-17-8-11-22-55(46)63-57)39-25-23-38(24-26-39)37-13-4-3-5-14-37)42-28-30-56-53(36-42)60(52-20-12-21-54(61)58(52)64-56)50-18-9-6-15-44(50)45-16-7-10-19-51(45)60/h3-36H,1-2H3. The van der Waals surface area contributed by atoms with Gasteiger partial charge in [0.25, 0.3) is 0 Å². The smallest absolute Gasteiger partial charge is 0.150 e. The van der Waals surface area contributed by atoms with E-state index in [4.69, 9.17) is 20.8 Å². The van der Waals surface area contributed by atoms with Crippen LogP contribution >= 0.6 is 11.6 Å². The zero-order valence-electron chi connectivity index (χ0n) is 35.3. The van der Waals surface area contributed by atoms with Gasteiger partial charge in [-0.3, -0.25) is 0 Å². The summed E-state index contributed by atoms with van der Waals surface area (Å²) in [5, 5.41) is 2.72. The number of halogens is 1. The van der Waals surface area contributed by atoms with E-state index in [9.17, 15) is 0 Å². The molecule has 1 spiro atoms. The molecule has 0 saturated heterocycles. The van der Waals surface area contributed by atoms with Crippen LogP contribution in [0.25, 0.3) is 61.4 Å². The number of hydrogen-bond donors (Lipinski definition) is 0. The molecule has 304 valence electrons. The number of hydrogen-bond acceptors (Lipinski definition) is 3. The number of benzene rings is 9. The van der Waals surface area contributed by atoms with Crippen LogP contribution < -0.4 is 9.64 Å². The maximum absolute atomic E-state index is 7.07. The molecule has 4 heteroatoms. The van der Waals surface area contributed by atoms with Gasteiger partial charge in [-0.1, -0.05) is 177 Å². The van der Waals surface area contributed by atoms with Crippen molar-refractivity contribution in [3.63, 3.8) is 0 Å². The first kappa shape index (κ1) is 37.0. The third-order valence-electron chi connectivity index (χ3n) is 13.9. The molecule has 1 aliphatic heterocycles. The highest BCUT2D eigenvalue weighted by Crippen LogP contribution is 2.63. The molecule has 0 unspecified atom stereocenters. The van der Waals surface area contributed by atoms with Crippen molar-refractivity contribution in [1.29, 1.82) is 0 Å². The molecule has 10 aromatic rings. The summed E-state index contributed by atoms with van der Waals surface area (Å²) in [4.78, 5) is 2.41. The summed E-state index contributed by atoms with van der Waals surface area (Å²) < 4.78 is 13.7. The van der Waals surface area contributed by atoms with Crippen LogP contribution in [0.4, 0.5) is 17.1 Å². The minimum Gasteiger partial charge on any atom is -0.455 e. The number of fused-ring (bicyclic) bond motifs is 13. The summed E-state index contributed by atoms with van der Waals surface area (Å²) >= 11 is 7.07. The Balaban J connectivity index is 1.08. The van der Waals surface area contributed by atoms with Crippen LogP contribution in [0.15, 0.2) is 205 Å². The molecule has 64 heavy (non-hydrogen) atoms. The molecular weight excluding hydrogens is 802 g/mol. The normalized spacial score (nSPS) is 14.5. The first-order chi connectivity index (χ1) is 31.4. The van der Waals surface area contributed by atoms with Gasteiger partial charge in [0.15, 0.2) is 5.75 Å². The lowest BCUT2D eigenvalue weighted by molar-refractivity contribution is 0.436. The Kier molecular flexibility index (Phi) is 7.92. The quantitative estimate of drug-likeness (QED) is 0.173. The lowest BCUT2D eigenvalue weighted by Crippen LogP contribution is -2.32. The molecule has 3 nitrogen and oxygen atoms in total. The van der Waals surface area contributed by atoms with E-state index in [1.54, 1.807) is 0 Å². The van der Waals surface area contributed by atoms with Crippen LogP contribution in [0.5, 0.6) is 11.5 Å². The molecule has 0 N–H and O–H groups in total. The Morgan fingerprint density at radius 3 is 1.92 bits per heavy atom. The van der Waals surface area contributed by atoms with Gasteiger partial charge >= 0.3 is 0 Å². The Morgan fingerprint density at radius 1 is 0.469 bits per heavy atom. The lowest BCUT2D eigenvalue weighted by atomic mass is 9.66. The molecule has 9 aromatic carbocycles. The molecule has 0 bridgehead atoms. The Labute approximate surface area is 377 Å². The number of furan rings is 1. The number of para-hydroxylation sites is 2. The van der Waals surface area contributed by atoms with Crippen molar-refractivity contribution in [2.24, 2.45) is 0 Å². The second-order valence-electron chi connectivity index (χ2n) is 17.8. The molecule has 3 aliphatic rings. The van der Waals surface area contributed by atoms with Gasteiger partial charge in [0.05, 0.1) is 10.4 Å². The van der Waals surface area contributed by atoms with Gasteiger partial charge in [0.2, 0.25) is 0 Å². The third-order valence-corrected chi connectivity index (χ3v) is 14.1. The molecule has 0 atom stereocenters. The molecule has 1 aromatic heterocycles. The average Bonchev–Trinajstić information content (AvgIpc) is 3.97. The SMILES string of the molecule is CC1(C)C=Cc2cc(N(c3ccc4c(c3)C3(c5ccccc5-c5ccccc53)c3cccc(Cl)c3O4)c3cc(-c4ccc(-c5ccccc5)cc4)c4oc5ccccc5c4c3)ccc21. The largest absolute Gasteiger partial charge is 0.455 e. The van der Waals surface area contributed by atoms with Crippen LogP contribution in [0.2, 0.25) is 5.02 Å². The van der Waals surface area contributed by atoms with E-state index in [1.165, 1.54) is 44.5 Å². The number of nitrogens with zero attached hydrogens (tertiary/aromatic N) is 1. The van der Waals surface area contributed by atoms with Crippen LogP contribution in [0.1, 0.15) is 47.2 Å². The van der Waals surface area contributed by atoms with Gasteiger partial charge in [-0.05, 0) is 105 Å². The van der Waals surface area contributed by atoms with Crippen molar-refractivity contribution >= 4 is 56.7 Å². The van der Waals surface area contributed by atoms with Crippen LogP contribution in [0.3, 0.4) is 0 Å². The topological polar surface area (TPSA) is 25.6 Å². The molecule has 2 heterocycles. The van der Waals surface area contributed by atoms with Gasteiger partial charge in [-0.2, -0.15) is 0 Å². The zero-order chi connectivity index (χ0) is 42.7. The molecular formula is C60H40ClNO2. The third kappa shape index (κ3) is 5.28. The summed E-state index contributed by atoms with van der Waals surface area (Å²) in [7, 11) is 0. The second-order valence-corrected chi connectivity index (χ2v) is 18.2. The Morgan fingerprint density at radius 2 is 1.12 bits per heavy atom. The maximum Gasteiger partial charge on any atom is 0.150 e. The van der Waals surface area contributed by atoms with Crippen molar-refractivity contribution in [3.05, 3.63) is 239 Å². The molecule has 2 aliphatic carbocycles. The average molecular weight is 842 g/mol. The molecule has 13 rings (SSSR count). The predicted octanol–water partition coefficient (Wildman–Crippen LogP) is 16.8. The summed E-state index contributed by atoms with van der Waals surface area (Å²) in [6, 6.07) is 69.8. The fourth-order valence-electron chi connectivity index (χ4n) is 10.9. The van der Waals surface area contributed by atoms with E-state index in [2.05, 4.69) is 213 Å². The molecule has 0 saturated carbocycles. The molecule has 0 fully saturated rings. The number of ether oxygens (including phenoxy) is 1. The van der Waals surface area contributed by atoms with E-state index >= 15 is 0 Å². The minimum absolute atomic E-state index is 0.0557. The first-order valence-electron chi connectivity index (χ1n) is 21.9. The van der Waals surface area contributed by atoms with E-state index in [0.29, 0.717) is 10.8 Å². The maximum atomic E-state index is 7.07. The lowest BCUT2D eigenvalue weighted by Gasteiger charge is -2.40. The Bertz CT molecular complexity index is 3530. The highest BCUT2D eigenvalue weighted by atomic mass is 35.5. The van der Waals surface area contributed by atoms with Crippen molar-refractivity contribution < 1.29 is 9.15 Å². The van der Waals surface area contributed by atoms with E-state index in [0.717, 1.165) is 67.0 Å². The number of allylic oxidation sites excluding steroid dienone is 1. The van der Waals surface area contributed by atoms with Gasteiger partial charge < -0.3 is 14.1 Å². The molecule has 0 radical (unpaired) electrons. The van der Waals surface area contributed by atoms with Crippen molar-refractivity contribution in [1.82, 2.24) is 0 Å². The van der Waals surface area contributed by atoms with Crippen molar-refractivity contribution in [3.8, 4) is 44.9 Å². The summed E-state index contributed by atoms with van der Waals surface area (Å²) in [6.07, 6.45) is 4.58. The summed E-state index contributed by atoms with van der Waals surface area (Å²) in [6.45, 7) is 4.56. The van der Waals surface area contributed by atoms with Gasteiger partial charge in [-0.15, -0.1) is 0 Å². The zero-order valence-corrected chi connectivity index (χ0v) is 36.0. The minimum atomic E-state index is -0.691. The predicted molar refractivity (Wildman–Crippen MR) is 264 cm³/mol. The highest BCUT2D eigenvalue weighted by molar-refractivity contribution is 6.32. The van der Waals surface area contributed by atoms with Gasteiger partial charge in [-0.25, -0.2) is 0 Å². The van der Waals surface area contributed by atoms with Gasteiger partial charge in [0, 0.05) is 49.9 Å². The highest BCUT2D eigenvalue weighted by Gasteiger charge is 2.51. The van der Waals surface area contributed by atoms with Crippen LogP contribution in [-0.4, -0.2) is 0 Å². The number of anilines is 3. The van der Waals surface area contributed by atoms with E-state index in [-0.39, 0.29) is 5.41 Å².